The average molecular weight is 199 g/mol. The molecule has 1 rings (SSSR count). The lowest BCUT2D eigenvalue weighted by atomic mass is 10.2. The van der Waals surface area contributed by atoms with E-state index in [0.29, 0.717) is 5.71 Å². The van der Waals surface area contributed by atoms with Crippen molar-refractivity contribution in [2.75, 3.05) is 0 Å². The lowest BCUT2D eigenvalue weighted by Crippen LogP contribution is -1.91. The largest absolute Gasteiger partial charge is 0.305 e. The Labute approximate surface area is 67.9 Å². The van der Waals surface area contributed by atoms with Gasteiger partial charge in [-0.15, -0.1) is 0 Å². The molecule has 3 heteroatoms. The smallest absolute Gasteiger partial charge is 0.106 e. The summed E-state index contributed by atoms with van der Waals surface area (Å²) in [5.41, 5.74) is 1.41. The van der Waals surface area contributed by atoms with Crippen molar-refractivity contribution in [3.63, 3.8) is 0 Å². The van der Waals surface area contributed by atoms with Crippen molar-refractivity contribution in [2.24, 2.45) is 0 Å². The van der Waals surface area contributed by atoms with Gasteiger partial charge in [-0.25, -0.2) is 4.98 Å². The Kier molecular flexibility index (Phi) is 2.17. The highest BCUT2D eigenvalue weighted by molar-refractivity contribution is 9.10. The Morgan fingerprint density at radius 2 is 2.30 bits per heavy atom. The van der Waals surface area contributed by atoms with Crippen molar-refractivity contribution in [3.05, 3.63) is 28.5 Å². The first-order valence-corrected chi connectivity index (χ1v) is 3.66. The zero-order valence-electron chi connectivity index (χ0n) is 5.56. The van der Waals surface area contributed by atoms with E-state index in [2.05, 4.69) is 20.9 Å². The van der Waals surface area contributed by atoms with Gasteiger partial charge in [0, 0.05) is 17.5 Å². The van der Waals surface area contributed by atoms with Crippen LogP contribution in [-0.4, -0.2) is 10.7 Å². The van der Waals surface area contributed by atoms with Crippen LogP contribution in [0.3, 0.4) is 0 Å². The summed E-state index contributed by atoms with van der Waals surface area (Å²) >= 11 is 3.21. The number of aromatic nitrogens is 1. The van der Waals surface area contributed by atoms with Gasteiger partial charge < -0.3 is 5.41 Å². The van der Waals surface area contributed by atoms with Crippen LogP contribution in [0.25, 0.3) is 0 Å². The van der Waals surface area contributed by atoms with E-state index in [9.17, 15) is 0 Å². The van der Waals surface area contributed by atoms with E-state index in [0.717, 1.165) is 10.2 Å². The van der Waals surface area contributed by atoms with Crippen molar-refractivity contribution >= 4 is 21.6 Å². The van der Waals surface area contributed by atoms with Crippen molar-refractivity contribution in [1.29, 1.82) is 5.41 Å². The molecule has 0 fully saturated rings. The predicted molar refractivity (Wildman–Crippen MR) is 44.4 cm³/mol. The summed E-state index contributed by atoms with van der Waals surface area (Å²) in [7, 11) is 0. The van der Waals surface area contributed by atoms with E-state index >= 15 is 0 Å². The molecule has 1 aromatic heterocycles. The highest BCUT2D eigenvalue weighted by Crippen LogP contribution is 2.06. The van der Waals surface area contributed by atoms with E-state index in [-0.39, 0.29) is 0 Å². The van der Waals surface area contributed by atoms with Gasteiger partial charge in [0.05, 0.1) is 0 Å². The molecular weight excluding hydrogens is 192 g/mol. The maximum Gasteiger partial charge on any atom is 0.106 e. The second-order valence-electron chi connectivity index (χ2n) is 1.99. The zero-order valence-corrected chi connectivity index (χ0v) is 7.14. The molecule has 0 saturated carbocycles. The summed E-state index contributed by atoms with van der Waals surface area (Å²) in [5, 5.41) is 7.25. The Balaban J connectivity index is 3.00. The zero-order chi connectivity index (χ0) is 7.56. The van der Waals surface area contributed by atoms with Crippen LogP contribution < -0.4 is 0 Å². The molecule has 0 aromatic carbocycles. The third-order valence-electron chi connectivity index (χ3n) is 1.16. The molecule has 0 aliphatic rings. The number of rotatable bonds is 1. The number of halogens is 1. The Morgan fingerprint density at radius 3 is 2.70 bits per heavy atom. The van der Waals surface area contributed by atoms with E-state index < -0.39 is 0 Å². The number of hydrogen-bond acceptors (Lipinski definition) is 2. The molecule has 1 aromatic rings. The first kappa shape index (κ1) is 7.41. The number of hydrogen-bond donors (Lipinski definition) is 1. The second kappa shape index (κ2) is 2.92. The molecule has 0 spiro atoms. The van der Waals surface area contributed by atoms with Crippen LogP contribution >= 0.6 is 15.9 Å². The molecule has 1 N–H and O–H groups in total. The lowest BCUT2D eigenvalue weighted by Gasteiger charge is -1.94. The number of pyridine rings is 1. The highest BCUT2D eigenvalue weighted by Gasteiger charge is 1.93. The fraction of sp³-hybridized carbons (Fsp3) is 0.143. The predicted octanol–water partition coefficient (Wildman–Crippen LogP) is 2.23. The van der Waals surface area contributed by atoms with Gasteiger partial charge in [0.15, 0.2) is 0 Å². The number of nitrogens with one attached hydrogen (secondary N) is 1. The normalized spacial score (nSPS) is 9.40. The van der Waals surface area contributed by atoms with Gasteiger partial charge in [-0.05, 0) is 35.0 Å². The van der Waals surface area contributed by atoms with Crippen molar-refractivity contribution in [2.45, 2.75) is 6.92 Å². The van der Waals surface area contributed by atoms with E-state index in [4.69, 9.17) is 5.41 Å². The highest BCUT2D eigenvalue weighted by atomic mass is 79.9. The lowest BCUT2D eigenvalue weighted by molar-refractivity contribution is 1.26. The molecule has 52 valence electrons. The molecule has 0 bridgehead atoms. The van der Waals surface area contributed by atoms with Crippen molar-refractivity contribution < 1.29 is 0 Å². The summed E-state index contributed by atoms with van der Waals surface area (Å²) < 4.78 is 0.803. The summed E-state index contributed by atoms with van der Waals surface area (Å²) in [6.45, 7) is 1.74. The van der Waals surface area contributed by atoms with Gasteiger partial charge in [0.1, 0.15) is 4.60 Å². The van der Waals surface area contributed by atoms with E-state index in [1.165, 1.54) is 0 Å². The summed E-state index contributed by atoms with van der Waals surface area (Å²) in [6, 6.07) is 3.69. The second-order valence-corrected chi connectivity index (χ2v) is 2.81. The van der Waals surface area contributed by atoms with Gasteiger partial charge in [-0.3, -0.25) is 0 Å². The van der Waals surface area contributed by atoms with Crippen LogP contribution in [0.2, 0.25) is 0 Å². The molecule has 0 amide bonds. The summed E-state index contributed by atoms with van der Waals surface area (Å²) in [6.07, 6.45) is 1.67. The van der Waals surface area contributed by atoms with Crippen LogP contribution in [0.5, 0.6) is 0 Å². The van der Waals surface area contributed by atoms with Crippen LogP contribution in [0, 0.1) is 5.41 Å². The molecule has 0 atom stereocenters. The third kappa shape index (κ3) is 1.64. The maximum atomic E-state index is 7.25. The molecule has 0 radical (unpaired) electrons. The molecule has 0 aliphatic carbocycles. The monoisotopic (exact) mass is 198 g/mol. The van der Waals surface area contributed by atoms with Crippen molar-refractivity contribution in [1.82, 2.24) is 4.98 Å². The van der Waals surface area contributed by atoms with Crippen LogP contribution in [0.4, 0.5) is 0 Å². The van der Waals surface area contributed by atoms with Crippen LogP contribution in [0.15, 0.2) is 22.9 Å². The molecule has 10 heavy (non-hydrogen) atoms. The SMILES string of the molecule is CC(=N)c1ccc(Br)nc1. The molecule has 2 nitrogen and oxygen atoms in total. The standard InChI is InChI=1S/C7H7BrN2/c1-5(9)6-2-3-7(8)10-4-6/h2-4,9H,1H3. The quantitative estimate of drug-likeness (QED) is 0.546. The van der Waals surface area contributed by atoms with E-state index in [1.807, 2.05) is 12.1 Å². The van der Waals surface area contributed by atoms with Gasteiger partial charge in [0.25, 0.3) is 0 Å². The number of nitrogens with zero attached hydrogens (tertiary/aromatic N) is 1. The Bertz CT molecular complexity index is 240. The van der Waals surface area contributed by atoms with E-state index in [1.54, 1.807) is 13.1 Å². The van der Waals surface area contributed by atoms with Crippen LogP contribution in [-0.2, 0) is 0 Å². The topological polar surface area (TPSA) is 36.7 Å². The van der Waals surface area contributed by atoms with Gasteiger partial charge in [-0.2, -0.15) is 0 Å². The minimum atomic E-state index is 0.542. The first-order valence-electron chi connectivity index (χ1n) is 2.87. The average Bonchev–Trinajstić information content (AvgIpc) is 1.88. The molecular formula is C7H7BrN2. The van der Waals surface area contributed by atoms with Crippen molar-refractivity contribution in [3.8, 4) is 0 Å². The van der Waals surface area contributed by atoms with Gasteiger partial charge >= 0.3 is 0 Å². The minimum absolute atomic E-state index is 0.542. The molecule has 0 aliphatic heterocycles. The fourth-order valence-electron chi connectivity index (χ4n) is 0.598. The minimum Gasteiger partial charge on any atom is -0.305 e. The fourth-order valence-corrected chi connectivity index (χ4v) is 0.832. The first-order chi connectivity index (χ1) is 4.70. The van der Waals surface area contributed by atoms with Crippen LogP contribution in [0.1, 0.15) is 12.5 Å². The Hall–Kier alpha value is -0.700. The summed E-state index contributed by atoms with van der Waals surface area (Å²) in [5.74, 6) is 0. The van der Waals surface area contributed by atoms with Gasteiger partial charge in [0.2, 0.25) is 0 Å². The molecule has 1 heterocycles. The Morgan fingerprint density at radius 1 is 1.60 bits per heavy atom. The molecule has 0 unspecified atom stereocenters. The van der Waals surface area contributed by atoms with Gasteiger partial charge in [-0.1, -0.05) is 0 Å². The maximum absolute atomic E-state index is 7.25. The third-order valence-corrected chi connectivity index (χ3v) is 1.63. The summed E-state index contributed by atoms with van der Waals surface area (Å²) in [4.78, 5) is 3.98. The molecule has 0 saturated heterocycles.